The smallest absolute Gasteiger partial charge is 0.422 e. The molecule has 0 amide bonds. The molecule has 0 aliphatic heterocycles. The van der Waals surface area contributed by atoms with Crippen LogP contribution in [0.4, 0.5) is 30.7 Å². The fourth-order valence-corrected chi connectivity index (χ4v) is 3.26. The number of hydrogen-bond acceptors (Lipinski definition) is 1. The molecule has 0 unspecified atom stereocenters. The van der Waals surface area contributed by atoms with Gasteiger partial charge >= 0.3 is 6.18 Å². The van der Waals surface area contributed by atoms with Gasteiger partial charge in [-0.25, -0.2) is 13.2 Å². The summed E-state index contributed by atoms with van der Waals surface area (Å²) in [5.74, 6) is -2.65. The van der Waals surface area contributed by atoms with Crippen molar-refractivity contribution in [3.05, 3.63) is 77.6 Å². The van der Waals surface area contributed by atoms with Gasteiger partial charge in [-0.3, -0.25) is 4.39 Å². The largest absolute Gasteiger partial charge is 0.484 e. The van der Waals surface area contributed by atoms with Crippen LogP contribution in [-0.2, 0) is 6.42 Å². The van der Waals surface area contributed by atoms with E-state index in [1.54, 1.807) is 6.07 Å². The molecule has 0 radical (unpaired) electrons. The molecule has 0 aliphatic rings. The maximum Gasteiger partial charge on any atom is 0.422 e. The lowest BCUT2D eigenvalue weighted by atomic mass is 9.97. The summed E-state index contributed by atoms with van der Waals surface area (Å²) in [4.78, 5) is 0. The Morgan fingerprint density at radius 3 is 1.94 bits per heavy atom. The Hall–Kier alpha value is -3.03. The minimum absolute atomic E-state index is 0.00156. The second-order valence-corrected chi connectivity index (χ2v) is 7.20. The molecule has 1 nitrogen and oxygen atoms in total. The summed E-state index contributed by atoms with van der Waals surface area (Å²) < 4.78 is 97.4. The van der Waals surface area contributed by atoms with Crippen LogP contribution in [0.5, 0.6) is 5.75 Å². The molecule has 32 heavy (non-hydrogen) atoms. The molecule has 3 aromatic carbocycles. The van der Waals surface area contributed by atoms with Crippen LogP contribution in [-0.4, -0.2) is 19.5 Å². The summed E-state index contributed by atoms with van der Waals surface area (Å²) in [7, 11) is 0. The lowest BCUT2D eigenvalue weighted by Gasteiger charge is -2.12. The van der Waals surface area contributed by atoms with E-state index in [9.17, 15) is 30.7 Å². The molecular formula is C24H19F7O. The molecule has 0 aromatic heterocycles. The van der Waals surface area contributed by atoms with Crippen LogP contribution in [0.3, 0.4) is 0 Å². The zero-order chi connectivity index (χ0) is 23.3. The number of hydrogen-bond donors (Lipinski definition) is 0. The number of alkyl halides is 4. The molecule has 0 aliphatic carbocycles. The van der Waals surface area contributed by atoms with E-state index in [0.29, 0.717) is 24.8 Å². The topological polar surface area (TPSA) is 9.23 Å². The molecule has 3 rings (SSSR count). The third-order valence-corrected chi connectivity index (χ3v) is 4.78. The predicted molar refractivity (Wildman–Crippen MR) is 108 cm³/mol. The number of rotatable bonds is 8. The van der Waals surface area contributed by atoms with Gasteiger partial charge < -0.3 is 4.74 Å². The fraction of sp³-hybridized carbons (Fsp3) is 0.250. The molecule has 3 aromatic rings. The van der Waals surface area contributed by atoms with Crippen LogP contribution in [0.15, 0.2) is 54.6 Å². The first-order valence-electron chi connectivity index (χ1n) is 9.82. The standard InChI is InChI=1S/C24H19F7O/c25-10-2-1-3-15-4-9-19(20(26)11-15)17-12-21(27)23(22(28)13-17)16-5-7-18(8-6-16)32-14-24(29,30)31/h4-9,11-13H,1-3,10,14H2. The molecule has 0 heterocycles. The minimum atomic E-state index is -4.51. The molecule has 0 saturated heterocycles. The van der Waals surface area contributed by atoms with Crippen molar-refractivity contribution >= 4 is 0 Å². The van der Waals surface area contributed by atoms with Crippen molar-refractivity contribution in [3.8, 4) is 28.0 Å². The van der Waals surface area contributed by atoms with Gasteiger partial charge in [0.05, 0.1) is 12.2 Å². The molecule has 8 heteroatoms. The lowest BCUT2D eigenvalue weighted by Crippen LogP contribution is -2.19. The highest BCUT2D eigenvalue weighted by Gasteiger charge is 2.28. The molecule has 0 bridgehead atoms. The number of unbranched alkanes of at least 4 members (excludes halogenated alkanes) is 1. The van der Waals surface area contributed by atoms with Crippen LogP contribution >= 0.6 is 0 Å². The van der Waals surface area contributed by atoms with Crippen LogP contribution in [0, 0.1) is 17.5 Å². The average Bonchev–Trinajstić information content (AvgIpc) is 2.72. The Morgan fingerprint density at radius 2 is 1.38 bits per heavy atom. The van der Waals surface area contributed by atoms with E-state index in [-0.39, 0.29) is 28.0 Å². The van der Waals surface area contributed by atoms with Gasteiger partial charge in [-0.05, 0) is 66.3 Å². The molecule has 0 saturated carbocycles. The lowest BCUT2D eigenvalue weighted by molar-refractivity contribution is -0.153. The zero-order valence-electron chi connectivity index (χ0n) is 16.8. The van der Waals surface area contributed by atoms with Gasteiger partial charge in [0.15, 0.2) is 6.61 Å². The van der Waals surface area contributed by atoms with E-state index in [0.717, 1.165) is 12.1 Å². The second-order valence-electron chi connectivity index (χ2n) is 7.20. The Balaban J connectivity index is 1.82. The van der Waals surface area contributed by atoms with E-state index in [1.807, 2.05) is 0 Å². The molecule has 0 N–H and O–H groups in total. The first kappa shape index (κ1) is 23.6. The van der Waals surface area contributed by atoms with Crippen molar-refractivity contribution in [3.63, 3.8) is 0 Å². The van der Waals surface area contributed by atoms with Crippen LogP contribution in [0.2, 0.25) is 0 Å². The normalized spacial score (nSPS) is 11.6. The summed E-state index contributed by atoms with van der Waals surface area (Å²) in [6.45, 7) is -1.93. The number of benzene rings is 3. The van der Waals surface area contributed by atoms with Crippen LogP contribution < -0.4 is 4.74 Å². The van der Waals surface area contributed by atoms with Gasteiger partial charge in [-0.15, -0.1) is 0 Å². The highest BCUT2D eigenvalue weighted by molar-refractivity contribution is 5.72. The van der Waals surface area contributed by atoms with Crippen molar-refractivity contribution in [2.45, 2.75) is 25.4 Å². The molecule has 0 atom stereocenters. The van der Waals surface area contributed by atoms with Crippen molar-refractivity contribution < 1.29 is 35.5 Å². The van der Waals surface area contributed by atoms with Gasteiger partial charge in [-0.1, -0.05) is 24.3 Å². The summed E-state index contributed by atoms with van der Waals surface area (Å²) in [5.41, 5.74) is 0.375. The van der Waals surface area contributed by atoms with Gasteiger partial charge in [0.25, 0.3) is 0 Å². The first-order valence-corrected chi connectivity index (χ1v) is 9.82. The van der Waals surface area contributed by atoms with E-state index in [1.165, 1.54) is 36.4 Å². The average molecular weight is 456 g/mol. The fourth-order valence-electron chi connectivity index (χ4n) is 3.26. The maximum atomic E-state index is 14.7. The zero-order valence-corrected chi connectivity index (χ0v) is 16.8. The van der Waals surface area contributed by atoms with Gasteiger partial charge in [-0.2, -0.15) is 13.2 Å². The van der Waals surface area contributed by atoms with Gasteiger partial charge in [0.1, 0.15) is 23.2 Å². The van der Waals surface area contributed by atoms with Gasteiger partial charge in [0, 0.05) is 5.56 Å². The van der Waals surface area contributed by atoms with E-state index in [4.69, 9.17) is 0 Å². The maximum absolute atomic E-state index is 14.7. The SMILES string of the molecule is FCCCCc1ccc(-c2cc(F)c(-c3ccc(OCC(F)(F)F)cc3)c(F)c2)c(F)c1. The molecule has 170 valence electrons. The molecular weight excluding hydrogens is 437 g/mol. The van der Waals surface area contributed by atoms with Crippen molar-refractivity contribution in [1.29, 1.82) is 0 Å². The first-order chi connectivity index (χ1) is 15.2. The van der Waals surface area contributed by atoms with Gasteiger partial charge in [0.2, 0.25) is 0 Å². The second kappa shape index (κ2) is 10.1. The number of halogens is 7. The highest BCUT2D eigenvalue weighted by atomic mass is 19.4. The quantitative estimate of drug-likeness (QED) is 0.250. The monoisotopic (exact) mass is 456 g/mol. The Labute approximate surface area is 180 Å². The van der Waals surface area contributed by atoms with Crippen molar-refractivity contribution in [2.24, 2.45) is 0 Å². The Kier molecular flexibility index (Phi) is 7.43. The third kappa shape index (κ3) is 6.02. The van der Waals surface area contributed by atoms with Crippen molar-refractivity contribution in [2.75, 3.05) is 13.3 Å². The summed E-state index contributed by atoms with van der Waals surface area (Å²) >= 11 is 0. The highest BCUT2D eigenvalue weighted by Crippen LogP contribution is 2.33. The third-order valence-electron chi connectivity index (χ3n) is 4.78. The summed E-state index contributed by atoms with van der Waals surface area (Å²) in [5, 5.41) is 0. The van der Waals surface area contributed by atoms with Crippen LogP contribution in [0.1, 0.15) is 18.4 Å². The molecule has 0 fully saturated rings. The number of aryl methyl sites for hydroxylation is 1. The Bertz CT molecular complexity index is 1040. The van der Waals surface area contributed by atoms with E-state index in [2.05, 4.69) is 4.74 Å². The molecule has 0 spiro atoms. The van der Waals surface area contributed by atoms with E-state index >= 15 is 0 Å². The van der Waals surface area contributed by atoms with Crippen molar-refractivity contribution in [1.82, 2.24) is 0 Å². The van der Waals surface area contributed by atoms with Crippen LogP contribution in [0.25, 0.3) is 22.3 Å². The predicted octanol–water partition coefficient (Wildman–Crippen LogP) is 7.67. The van der Waals surface area contributed by atoms with E-state index < -0.39 is 36.9 Å². The number of ether oxygens (including phenoxy) is 1. The Morgan fingerprint density at radius 1 is 0.719 bits per heavy atom. The summed E-state index contributed by atoms with van der Waals surface area (Å²) in [6.07, 6.45) is -3.08. The summed E-state index contributed by atoms with van der Waals surface area (Å²) in [6, 6.07) is 11.1. The minimum Gasteiger partial charge on any atom is -0.484 e.